The molecule has 0 unspecified atom stereocenters. The number of alkyl carbamates (subject to hydrolysis) is 1. The Morgan fingerprint density at radius 3 is 2.48 bits per heavy atom. The lowest BCUT2D eigenvalue weighted by Crippen LogP contribution is -2.35. The van der Waals surface area contributed by atoms with Crippen molar-refractivity contribution in [3.05, 3.63) is 30.1 Å². The molecule has 0 spiro atoms. The second-order valence-electron chi connectivity index (χ2n) is 5.58. The summed E-state index contributed by atoms with van der Waals surface area (Å²) >= 11 is 0. The number of para-hydroxylation sites is 1. The number of nitrogens with one attached hydrogen (secondary N) is 1. The summed E-state index contributed by atoms with van der Waals surface area (Å²) in [5.41, 5.74) is -0.377. The summed E-state index contributed by atoms with van der Waals surface area (Å²) in [5.74, 6) is -0.760. The molecule has 1 aromatic rings. The number of amides is 2. The maximum absolute atomic E-state index is 13.6. The zero-order valence-corrected chi connectivity index (χ0v) is 12.8. The van der Waals surface area contributed by atoms with Gasteiger partial charge in [-0.1, -0.05) is 12.1 Å². The van der Waals surface area contributed by atoms with Crippen LogP contribution in [0.25, 0.3) is 0 Å². The van der Waals surface area contributed by atoms with Crippen LogP contribution in [-0.2, 0) is 9.53 Å². The van der Waals surface area contributed by atoms with E-state index in [1.165, 1.54) is 24.1 Å². The van der Waals surface area contributed by atoms with Crippen molar-refractivity contribution >= 4 is 17.7 Å². The zero-order chi connectivity index (χ0) is 16.0. The molecule has 0 saturated carbocycles. The van der Waals surface area contributed by atoms with Crippen LogP contribution < -0.4 is 10.2 Å². The Labute approximate surface area is 124 Å². The fourth-order valence-electron chi connectivity index (χ4n) is 1.61. The predicted octanol–water partition coefficient (Wildman–Crippen LogP) is 2.70. The zero-order valence-electron chi connectivity index (χ0n) is 12.8. The molecule has 116 valence electrons. The smallest absolute Gasteiger partial charge is 0.407 e. The van der Waals surface area contributed by atoms with E-state index in [1.54, 1.807) is 32.9 Å². The maximum atomic E-state index is 13.6. The summed E-state index contributed by atoms with van der Waals surface area (Å²) < 4.78 is 18.6. The second-order valence-corrected chi connectivity index (χ2v) is 5.58. The molecule has 2 amide bonds. The van der Waals surface area contributed by atoms with Crippen molar-refractivity contribution in [1.82, 2.24) is 5.32 Å². The van der Waals surface area contributed by atoms with Crippen molar-refractivity contribution < 1.29 is 18.7 Å². The molecule has 6 heteroatoms. The number of ether oxygens (including phenoxy) is 1. The molecule has 0 saturated heterocycles. The van der Waals surface area contributed by atoms with Crippen molar-refractivity contribution in [1.29, 1.82) is 0 Å². The van der Waals surface area contributed by atoms with Crippen LogP contribution in [0.3, 0.4) is 0 Å². The van der Waals surface area contributed by atoms with Gasteiger partial charge in [-0.3, -0.25) is 4.79 Å². The number of hydrogen-bond donors (Lipinski definition) is 1. The summed E-state index contributed by atoms with van der Waals surface area (Å²) in [6.45, 7) is 5.39. The van der Waals surface area contributed by atoms with Gasteiger partial charge >= 0.3 is 6.09 Å². The molecule has 1 aromatic carbocycles. The van der Waals surface area contributed by atoms with Crippen LogP contribution >= 0.6 is 0 Å². The van der Waals surface area contributed by atoms with Gasteiger partial charge in [0.2, 0.25) is 5.91 Å². The summed E-state index contributed by atoms with van der Waals surface area (Å²) in [5, 5.41) is 2.49. The molecule has 1 rings (SSSR count). The van der Waals surface area contributed by atoms with Crippen molar-refractivity contribution in [2.45, 2.75) is 32.8 Å². The van der Waals surface area contributed by atoms with Gasteiger partial charge in [-0.25, -0.2) is 9.18 Å². The second kappa shape index (κ2) is 7.06. The normalized spacial score (nSPS) is 10.9. The number of carbonyl (C=O) groups is 2. The number of halogens is 1. The third-order valence-corrected chi connectivity index (χ3v) is 2.59. The van der Waals surface area contributed by atoms with E-state index < -0.39 is 17.5 Å². The minimum Gasteiger partial charge on any atom is -0.444 e. The summed E-state index contributed by atoms with van der Waals surface area (Å²) in [4.78, 5) is 24.6. The van der Waals surface area contributed by atoms with E-state index in [4.69, 9.17) is 4.74 Å². The third kappa shape index (κ3) is 5.81. The Bertz CT molecular complexity index is 512. The molecule has 0 aliphatic carbocycles. The number of nitrogens with zero attached hydrogens (tertiary/aromatic N) is 1. The summed E-state index contributed by atoms with van der Waals surface area (Å²) in [6, 6.07) is 6.02. The molecule has 0 atom stereocenters. The molecular formula is C15H21FN2O3. The standard InChI is InChI=1S/C15H21FN2O3/c1-15(2,3)21-14(20)17-10-9-13(19)18(4)12-8-6-5-7-11(12)16/h5-8H,9-10H2,1-4H3,(H,17,20). The first-order chi connectivity index (χ1) is 9.70. The molecule has 5 nitrogen and oxygen atoms in total. The molecular weight excluding hydrogens is 275 g/mol. The third-order valence-electron chi connectivity index (χ3n) is 2.59. The van der Waals surface area contributed by atoms with Gasteiger partial charge in [0, 0.05) is 20.0 Å². The lowest BCUT2D eigenvalue weighted by molar-refractivity contribution is -0.118. The van der Waals surface area contributed by atoms with E-state index in [0.717, 1.165) is 0 Å². The van der Waals surface area contributed by atoms with Gasteiger partial charge in [0.25, 0.3) is 0 Å². The van der Waals surface area contributed by atoms with Crippen LogP contribution in [0.1, 0.15) is 27.2 Å². The van der Waals surface area contributed by atoms with Crippen LogP contribution in [0.2, 0.25) is 0 Å². The Morgan fingerprint density at radius 1 is 1.29 bits per heavy atom. The van der Waals surface area contributed by atoms with Crippen LogP contribution in [-0.4, -0.2) is 31.2 Å². The van der Waals surface area contributed by atoms with Gasteiger partial charge in [-0.05, 0) is 32.9 Å². The van der Waals surface area contributed by atoms with Crippen molar-refractivity contribution in [3.8, 4) is 0 Å². The highest BCUT2D eigenvalue weighted by molar-refractivity contribution is 5.93. The number of carbonyl (C=O) groups excluding carboxylic acids is 2. The topological polar surface area (TPSA) is 58.6 Å². The molecule has 0 bridgehead atoms. The first-order valence-electron chi connectivity index (χ1n) is 6.68. The molecule has 0 heterocycles. The highest BCUT2D eigenvalue weighted by Gasteiger charge is 2.17. The average Bonchev–Trinajstić information content (AvgIpc) is 2.36. The Kier molecular flexibility index (Phi) is 5.69. The quantitative estimate of drug-likeness (QED) is 0.929. The van der Waals surface area contributed by atoms with Crippen LogP contribution in [0.15, 0.2) is 24.3 Å². The molecule has 1 N–H and O–H groups in total. The Balaban J connectivity index is 2.44. The van der Waals surface area contributed by atoms with E-state index in [1.807, 2.05) is 0 Å². The molecule has 0 fully saturated rings. The fourth-order valence-corrected chi connectivity index (χ4v) is 1.61. The fraction of sp³-hybridized carbons (Fsp3) is 0.467. The summed E-state index contributed by atoms with van der Waals surface area (Å²) in [7, 11) is 1.49. The van der Waals surface area contributed by atoms with Gasteiger partial charge in [-0.2, -0.15) is 0 Å². The predicted molar refractivity (Wildman–Crippen MR) is 78.7 cm³/mol. The first-order valence-corrected chi connectivity index (χ1v) is 6.68. The van der Waals surface area contributed by atoms with Crippen molar-refractivity contribution in [2.75, 3.05) is 18.5 Å². The van der Waals surface area contributed by atoms with Crippen molar-refractivity contribution in [3.63, 3.8) is 0 Å². The Hall–Kier alpha value is -2.11. The minimum absolute atomic E-state index is 0.0596. The van der Waals surface area contributed by atoms with Gasteiger partial charge < -0.3 is 15.0 Å². The number of hydrogen-bond acceptors (Lipinski definition) is 3. The monoisotopic (exact) mass is 296 g/mol. The van der Waals surface area contributed by atoms with Crippen LogP contribution in [0.5, 0.6) is 0 Å². The van der Waals surface area contributed by atoms with E-state index in [0.29, 0.717) is 0 Å². The SMILES string of the molecule is CN(C(=O)CCNC(=O)OC(C)(C)C)c1ccccc1F. The maximum Gasteiger partial charge on any atom is 0.407 e. The highest BCUT2D eigenvalue weighted by Crippen LogP contribution is 2.17. The number of benzene rings is 1. The minimum atomic E-state index is -0.585. The highest BCUT2D eigenvalue weighted by atomic mass is 19.1. The lowest BCUT2D eigenvalue weighted by atomic mass is 10.2. The number of rotatable bonds is 4. The molecule has 0 aromatic heterocycles. The Morgan fingerprint density at radius 2 is 1.90 bits per heavy atom. The first kappa shape index (κ1) is 16.9. The molecule has 21 heavy (non-hydrogen) atoms. The van der Waals surface area contributed by atoms with Gasteiger partial charge in [0.15, 0.2) is 0 Å². The van der Waals surface area contributed by atoms with Gasteiger partial charge in [0.05, 0.1) is 5.69 Å². The molecule has 0 radical (unpaired) electrons. The van der Waals surface area contributed by atoms with Gasteiger partial charge in [-0.15, -0.1) is 0 Å². The van der Waals surface area contributed by atoms with E-state index in [9.17, 15) is 14.0 Å². The lowest BCUT2D eigenvalue weighted by Gasteiger charge is -2.20. The van der Waals surface area contributed by atoms with Crippen LogP contribution in [0, 0.1) is 5.82 Å². The van der Waals surface area contributed by atoms with Crippen LogP contribution in [0.4, 0.5) is 14.9 Å². The average molecular weight is 296 g/mol. The molecule has 0 aliphatic rings. The largest absolute Gasteiger partial charge is 0.444 e. The van der Waals surface area contributed by atoms with E-state index in [2.05, 4.69) is 5.32 Å². The number of anilines is 1. The van der Waals surface area contributed by atoms with E-state index in [-0.39, 0.29) is 24.6 Å². The van der Waals surface area contributed by atoms with Gasteiger partial charge in [0.1, 0.15) is 11.4 Å². The van der Waals surface area contributed by atoms with E-state index >= 15 is 0 Å². The van der Waals surface area contributed by atoms with Crippen molar-refractivity contribution in [2.24, 2.45) is 0 Å². The molecule has 0 aliphatic heterocycles. The summed E-state index contributed by atoms with van der Waals surface area (Å²) in [6.07, 6.45) is -0.520.